The van der Waals surface area contributed by atoms with Gasteiger partial charge in [-0.25, -0.2) is 0 Å². The zero-order chi connectivity index (χ0) is 28.5. The fourth-order valence-electron chi connectivity index (χ4n) is 3.53. The molecule has 0 fully saturated rings. The SMILES string of the molecule is O=C(Cc1ccc(O)cc1)Nc1nnc(CCCCc2nnc(NC(=O)Cc3cccc(OC(F)(F)F)c3)s2)s1. The molecule has 2 heterocycles. The molecule has 210 valence electrons. The summed E-state index contributed by atoms with van der Waals surface area (Å²) in [5, 5.41) is 33.1. The van der Waals surface area contributed by atoms with Crippen molar-refractivity contribution in [1.29, 1.82) is 0 Å². The number of nitrogens with one attached hydrogen (secondary N) is 2. The number of phenolic OH excluding ortho intramolecular Hbond substituents is 1. The highest BCUT2D eigenvalue weighted by Gasteiger charge is 2.31. The van der Waals surface area contributed by atoms with Crippen LogP contribution in [0.4, 0.5) is 23.4 Å². The summed E-state index contributed by atoms with van der Waals surface area (Å²) in [5.74, 6) is -0.917. The van der Waals surface area contributed by atoms with Crippen molar-refractivity contribution in [1.82, 2.24) is 20.4 Å². The Labute approximate surface area is 234 Å². The summed E-state index contributed by atoms with van der Waals surface area (Å²) < 4.78 is 41.1. The molecule has 0 spiro atoms. The molecule has 2 aromatic heterocycles. The zero-order valence-electron chi connectivity index (χ0n) is 20.8. The first-order valence-corrected chi connectivity index (χ1v) is 13.6. The van der Waals surface area contributed by atoms with Gasteiger partial charge in [0.05, 0.1) is 12.8 Å². The van der Waals surface area contributed by atoms with Gasteiger partial charge in [0.15, 0.2) is 0 Å². The predicted octanol–water partition coefficient (Wildman–Crippen LogP) is 4.92. The molecule has 0 aliphatic heterocycles. The highest BCUT2D eigenvalue weighted by molar-refractivity contribution is 7.15. The second-order valence-electron chi connectivity index (χ2n) is 8.52. The summed E-state index contributed by atoms with van der Waals surface area (Å²) in [5.41, 5.74) is 1.13. The number of benzene rings is 2. The van der Waals surface area contributed by atoms with Gasteiger partial charge < -0.3 is 20.5 Å². The molecule has 15 heteroatoms. The van der Waals surface area contributed by atoms with Gasteiger partial charge in [-0.3, -0.25) is 9.59 Å². The molecule has 0 bridgehead atoms. The van der Waals surface area contributed by atoms with Gasteiger partial charge in [0.2, 0.25) is 22.1 Å². The molecule has 0 saturated heterocycles. The lowest BCUT2D eigenvalue weighted by molar-refractivity contribution is -0.274. The Bertz CT molecular complexity index is 1440. The maximum absolute atomic E-state index is 12.4. The summed E-state index contributed by atoms with van der Waals surface area (Å²) in [4.78, 5) is 24.5. The number of rotatable bonds is 12. The molecule has 10 nitrogen and oxygen atoms in total. The first kappa shape index (κ1) is 28.9. The maximum Gasteiger partial charge on any atom is 0.573 e. The summed E-state index contributed by atoms with van der Waals surface area (Å²) >= 11 is 2.53. The number of halogens is 3. The van der Waals surface area contributed by atoms with Gasteiger partial charge in [0, 0.05) is 12.8 Å². The van der Waals surface area contributed by atoms with E-state index >= 15 is 0 Å². The van der Waals surface area contributed by atoms with E-state index in [4.69, 9.17) is 0 Å². The number of phenols is 1. The molecular weight excluding hydrogens is 569 g/mol. The van der Waals surface area contributed by atoms with Crippen molar-refractivity contribution < 1.29 is 32.6 Å². The molecule has 4 rings (SSSR count). The van der Waals surface area contributed by atoms with Crippen LogP contribution in [0.1, 0.15) is 34.0 Å². The molecule has 0 aliphatic rings. The van der Waals surface area contributed by atoms with E-state index in [9.17, 15) is 27.9 Å². The van der Waals surface area contributed by atoms with E-state index in [1.807, 2.05) is 0 Å². The lowest BCUT2D eigenvalue weighted by atomic mass is 10.1. The third-order valence-corrected chi connectivity index (χ3v) is 7.05. The smallest absolute Gasteiger partial charge is 0.508 e. The Morgan fingerprint density at radius 1 is 0.800 bits per heavy atom. The standard InChI is InChI=1S/C25H23F3N6O4S2/c26-25(27,28)38-18-5-3-4-16(12-18)14-20(37)30-24-34-32-22(40-24)7-2-1-6-21-31-33-23(39-21)29-19(36)13-15-8-10-17(35)11-9-15/h3-5,8-12,35H,1-2,6-7,13-14H2,(H,29,33,36)(H,30,34,37). The molecule has 2 aromatic carbocycles. The minimum atomic E-state index is -4.81. The Morgan fingerprint density at radius 3 is 1.90 bits per heavy atom. The fourth-order valence-corrected chi connectivity index (χ4v) is 5.12. The van der Waals surface area contributed by atoms with Gasteiger partial charge in [0.1, 0.15) is 21.5 Å². The molecule has 0 unspecified atom stereocenters. The van der Waals surface area contributed by atoms with E-state index in [-0.39, 0.29) is 24.5 Å². The average molecular weight is 593 g/mol. The number of aryl methyl sites for hydroxylation is 2. The Kier molecular flexibility index (Phi) is 9.60. The van der Waals surface area contributed by atoms with Crippen LogP contribution in [0.3, 0.4) is 0 Å². The van der Waals surface area contributed by atoms with Crippen LogP contribution in [0.2, 0.25) is 0 Å². The second-order valence-corrected chi connectivity index (χ2v) is 10.6. The van der Waals surface area contributed by atoms with Gasteiger partial charge in [-0.1, -0.05) is 46.9 Å². The van der Waals surface area contributed by atoms with Gasteiger partial charge in [-0.05, 0) is 48.2 Å². The van der Waals surface area contributed by atoms with Gasteiger partial charge in [0.25, 0.3) is 0 Å². The molecule has 3 N–H and O–H groups in total. The van der Waals surface area contributed by atoms with Crippen LogP contribution in [0.5, 0.6) is 11.5 Å². The lowest BCUT2D eigenvalue weighted by Crippen LogP contribution is -2.17. The second kappa shape index (κ2) is 13.3. The summed E-state index contributed by atoms with van der Waals surface area (Å²) in [6.45, 7) is 0. The Balaban J connectivity index is 1.15. The maximum atomic E-state index is 12.4. The van der Waals surface area contributed by atoms with Crippen LogP contribution in [-0.4, -0.2) is 43.7 Å². The molecule has 0 radical (unpaired) electrons. The number of aromatic nitrogens is 4. The van der Waals surface area contributed by atoms with E-state index in [1.54, 1.807) is 12.1 Å². The zero-order valence-corrected chi connectivity index (χ0v) is 22.4. The molecule has 0 aliphatic carbocycles. The van der Waals surface area contributed by atoms with Crippen molar-refractivity contribution in [2.24, 2.45) is 0 Å². The fraction of sp³-hybridized carbons (Fsp3) is 0.280. The Hall–Kier alpha value is -4.11. The number of alkyl halides is 3. The molecule has 4 aromatic rings. The van der Waals surface area contributed by atoms with Crippen LogP contribution >= 0.6 is 22.7 Å². The van der Waals surface area contributed by atoms with E-state index in [0.717, 1.165) is 40.6 Å². The average Bonchev–Trinajstić information content (AvgIpc) is 3.51. The van der Waals surface area contributed by atoms with Crippen molar-refractivity contribution >= 4 is 44.8 Å². The van der Waals surface area contributed by atoms with E-state index < -0.39 is 18.0 Å². The molecule has 40 heavy (non-hydrogen) atoms. The Morgan fingerprint density at radius 2 is 1.35 bits per heavy atom. The summed E-state index contributed by atoms with van der Waals surface area (Å²) in [6.07, 6.45) is -1.90. The highest BCUT2D eigenvalue weighted by atomic mass is 32.1. The number of hydrogen-bond acceptors (Lipinski definition) is 10. The quantitative estimate of drug-likeness (QED) is 0.197. The minimum absolute atomic E-state index is 0.137. The monoisotopic (exact) mass is 592 g/mol. The predicted molar refractivity (Wildman–Crippen MR) is 142 cm³/mol. The number of ether oxygens (including phenoxy) is 1. The summed E-state index contributed by atoms with van der Waals surface area (Å²) in [6, 6.07) is 11.6. The number of unbranched alkanes of at least 4 members (excludes halogenated alkanes) is 1. The molecule has 2 amide bonds. The van der Waals surface area contributed by atoms with Gasteiger partial charge in [-0.2, -0.15) is 0 Å². The largest absolute Gasteiger partial charge is 0.573 e. The van der Waals surface area contributed by atoms with Crippen LogP contribution in [0.25, 0.3) is 0 Å². The van der Waals surface area contributed by atoms with Crippen molar-refractivity contribution in [2.75, 3.05) is 10.6 Å². The van der Waals surface area contributed by atoms with Gasteiger partial charge in [-0.15, -0.1) is 33.6 Å². The summed E-state index contributed by atoms with van der Waals surface area (Å²) in [7, 11) is 0. The van der Waals surface area contributed by atoms with Crippen molar-refractivity contribution in [2.45, 2.75) is 44.9 Å². The van der Waals surface area contributed by atoms with Crippen molar-refractivity contribution in [3.8, 4) is 11.5 Å². The van der Waals surface area contributed by atoms with E-state index in [1.165, 1.54) is 46.9 Å². The highest BCUT2D eigenvalue weighted by Crippen LogP contribution is 2.24. The first-order chi connectivity index (χ1) is 19.1. The molecule has 0 atom stereocenters. The van der Waals surface area contributed by atoms with Gasteiger partial charge >= 0.3 is 6.36 Å². The third kappa shape index (κ3) is 9.57. The topological polar surface area (TPSA) is 139 Å². The molecular formula is C25H23F3N6O4S2. The number of carbonyl (C=O) groups excluding carboxylic acids is 2. The van der Waals surface area contributed by atoms with E-state index in [2.05, 4.69) is 35.8 Å². The van der Waals surface area contributed by atoms with Crippen LogP contribution in [0, 0.1) is 0 Å². The van der Waals surface area contributed by atoms with Crippen LogP contribution in [0.15, 0.2) is 48.5 Å². The number of nitrogens with zero attached hydrogens (tertiary/aromatic N) is 4. The number of amides is 2. The number of anilines is 2. The van der Waals surface area contributed by atoms with E-state index in [0.29, 0.717) is 28.7 Å². The number of carbonyl (C=O) groups is 2. The number of hydrogen-bond donors (Lipinski definition) is 3. The minimum Gasteiger partial charge on any atom is -0.508 e. The number of aromatic hydroxyl groups is 1. The lowest BCUT2D eigenvalue weighted by Gasteiger charge is -2.09. The first-order valence-electron chi connectivity index (χ1n) is 12.0. The third-order valence-electron chi connectivity index (χ3n) is 5.26. The van der Waals surface area contributed by atoms with Crippen LogP contribution < -0.4 is 15.4 Å². The normalized spacial score (nSPS) is 11.3. The van der Waals surface area contributed by atoms with Crippen molar-refractivity contribution in [3.05, 3.63) is 69.7 Å². The van der Waals surface area contributed by atoms with Crippen LogP contribution in [-0.2, 0) is 35.3 Å². The molecule has 0 saturated carbocycles. The van der Waals surface area contributed by atoms with Crippen molar-refractivity contribution in [3.63, 3.8) is 0 Å².